The highest BCUT2D eigenvalue weighted by molar-refractivity contribution is 9.10. The molecule has 0 saturated carbocycles. The van der Waals surface area contributed by atoms with E-state index in [1.54, 1.807) is 6.20 Å². The minimum atomic E-state index is -0.693. The predicted molar refractivity (Wildman–Crippen MR) is 78.5 cm³/mol. The Morgan fingerprint density at radius 3 is 2.61 bits per heavy atom. The first-order chi connectivity index (χ1) is 8.50. The SMILES string of the molecule is CC(C)n1ncc(Br)c1C(O)c1cccc(Br)c1. The third kappa shape index (κ3) is 2.68. The Balaban J connectivity index is 2.45. The summed E-state index contributed by atoms with van der Waals surface area (Å²) in [7, 11) is 0. The summed E-state index contributed by atoms with van der Waals surface area (Å²) in [5, 5.41) is 14.8. The quantitative estimate of drug-likeness (QED) is 0.880. The van der Waals surface area contributed by atoms with Gasteiger partial charge in [0.2, 0.25) is 0 Å². The molecule has 5 heteroatoms. The highest BCUT2D eigenvalue weighted by Crippen LogP contribution is 2.31. The first kappa shape index (κ1) is 13.8. The second-order valence-corrected chi connectivity index (χ2v) is 6.14. The van der Waals surface area contributed by atoms with Crippen LogP contribution < -0.4 is 0 Å². The molecule has 1 N–H and O–H groups in total. The lowest BCUT2D eigenvalue weighted by molar-refractivity contribution is 0.204. The van der Waals surface area contributed by atoms with Gasteiger partial charge in [-0.3, -0.25) is 4.68 Å². The van der Waals surface area contributed by atoms with Crippen LogP contribution in [-0.2, 0) is 0 Å². The van der Waals surface area contributed by atoms with E-state index in [1.165, 1.54) is 0 Å². The average Bonchev–Trinajstić information content (AvgIpc) is 2.70. The van der Waals surface area contributed by atoms with Crippen molar-refractivity contribution in [3.05, 3.63) is 50.7 Å². The van der Waals surface area contributed by atoms with Crippen molar-refractivity contribution in [1.29, 1.82) is 0 Å². The Bertz CT molecular complexity index is 552. The Kier molecular flexibility index (Phi) is 4.25. The van der Waals surface area contributed by atoms with Crippen LogP contribution in [0, 0.1) is 0 Å². The summed E-state index contributed by atoms with van der Waals surface area (Å²) < 4.78 is 3.60. The number of hydrogen-bond acceptors (Lipinski definition) is 2. The summed E-state index contributed by atoms with van der Waals surface area (Å²) in [5.41, 5.74) is 1.62. The second-order valence-electron chi connectivity index (χ2n) is 4.37. The van der Waals surface area contributed by atoms with E-state index in [0.717, 1.165) is 20.2 Å². The van der Waals surface area contributed by atoms with Crippen molar-refractivity contribution >= 4 is 31.9 Å². The van der Waals surface area contributed by atoms with Crippen LogP contribution in [0.15, 0.2) is 39.4 Å². The molecule has 2 rings (SSSR count). The van der Waals surface area contributed by atoms with Crippen molar-refractivity contribution in [3.8, 4) is 0 Å². The predicted octanol–water partition coefficient (Wildman–Crippen LogP) is 4.07. The van der Waals surface area contributed by atoms with Crippen molar-refractivity contribution in [2.24, 2.45) is 0 Å². The number of nitrogens with zero attached hydrogens (tertiary/aromatic N) is 2. The number of aliphatic hydroxyl groups excluding tert-OH is 1. The normalized spacial score (nSPS) is 13.0. The zero-order valence-corrected chi connectivity index (χ0v) is 13.3. The number of benzene rings is 1. The van der Waals surface area contributed by atoms with E-state index in [4.69, 9.17) is 0 Å². The zero-order valence-electron chi connectivity index (χ0n) is 10.1. The molecule has 0 saturated heterocycles. The minimum Gasteiger partial charge on any atom is -0.382 e. The van der Waals surface area contributed by atoms with Gasteiger partial charge in [0.15, 0.2) is 0 Å². The molecule has 0 aliphatic heterocycles. The molecule has 3 nitrogen and oxygen atoms in total. The van der Waals surface area contributed by atoms with Crippen molar-refractivity contribution in [2.45, 2.75) is 26.0 Å². The van der Waals surface area contributed by atoms with Crippen LogP contribution in [0.2, 0.25) is 0 Å². The molecule has 2 aromatic rings. The van der Waals surface area contributed by atoms with E-state index in [1.807, 2.05) is 42.8 Å². The lowest BCUT2D eigenvalue weighted by atomic mass is 10.1. The third-order valence-corrected chi connectivity index (χ3v) is 3.80. The molecule has 0 radical (unpaired) electrons. The standard InChI is InChI=1S/C13H14Br2N2O/c1-8(2)17-12(11(15)7-16-17)13(18)9-4-3-5-10(14)6-9/h3-8,13,18H,1-2H3. The van der Waals surface area contributed by atoms with E-state index >= 15 is 0 Å². The average molecular weight is 374 g/mol. The molecule has 96 valence electrons. The smallest absolute Gasteiger partial charge is 0.122 e. The number of halogens is 2. The van der Waals surface area contributed by atoms with Crippen LogP contribution in [-0.4, -0.2) is 14.9 Å². The third-order valence-electron chi connectivity index (χ3n) is 2.70. The number of hydrogen-bond donors (Lipinski definition) is 1. The molecule has 1 unspecified atom stereocenters. The number of aromatic nitrogens is 2. The number of aliphatic hydroxyl groups is 1. The fourth-order valence-electron chi connectivity index (χ4n) is 1.85. The monoisotopic (exact) mass is 372 g/mol. The Morgan fingerprint density at radius 2 is 2.00 bits per heavy atom. The molecule has 1 heterocycles. The summed E-state index contributed by atoms with van der Waals surface area (Å²) in [6, 6.07) is 7.86. The van der Waals surface area contributed by atoms with Gasteiger partial charge in [-0.2, -0.15) is 5.10 Å². The maximum absolute atomic E-state index is 10.5. The Labute approximate surface area is 123 Å². The summed E-state index contributed by atoms with van der Waals surface area (Å²) in [4.78, 5) is 0. The van der Waals surface area contributed by atoms with Gasteiger partial charge in [-0.1, -0.05) is 28.1 Å². The van der Waals surface area contributed by atoms with Gasteiger partial charge in [-0.15, -0.1) is 0 Å². The van der Waals surface area contributed by atoms with Gasteiger partial charge in [0.05, 0.1) is 16.4 Å². The van der Waals surface area contributed by atoms with Crippen LogP contribution in [0.4, 0.5) is 0 Å². The van der Waals surface area contributed by atoms with Crippen molar-refractivity contribution < 1.29 is 5.11 Å². The van der Waals surface area contributed by atoms with Gasteiger partial charge in [-0.25, -0.2) is 0 Å². The first-order valence-electron chi connectivity index (χ1n) is 5.67. The topological polar surface area (TPSA) is 38.0 Å². The van der Waals surface area contributed by atoms with Crippen molar-refractivity contribution in [3.63, 3.8) is 0 Å². The molecule has 0 spiro atoms. The maximum Gasteiger partial charge on any atom is 0.122 e. The molecular formula is C13H14Br2N2O. The van der Waals surface area contributed by atoms with Crippen molar-refractivity contribution in [1.82, 2.24) is 9.78 Å². The molecule has 1 aromatic carbocycles. The van der Waals surface area contributed by atoms with Crippen molar-refractivity contribution in [2.75, 3.05) is 0 Å². The molecule has 0 fully saturated rings. The van der Waals surface area contributed by atoms with Gasteiger partial charge in [0, 0.05) is 10.5 Å². The van der Waals surface area contributed by atoms with Gasteiger partial charge >= 0.3 is 0 Å². The molecule has 0 aliphatic carbocycles. The maximum atomic E-state index is 10.5. The fraction of sp³-hybridized carbons (Fsp3) is 0.308. The van der Waals surface area contributed by atoms with Gasteiger partial charge in [0.25, 0.3) is 0 Å². The van der Waals surface area contributed by atoms with E-state index in [9.17, 15) is 5.11 Å². The highest BCUT2D eigenvalue weighted by atomic mass is 79.9. The van der Waals surface area contributed by atoms with Crippen LogP contribution in [0.5, 0.6) is 0 Å². The lowest BCUT2D eigenvalue weighted by Gasteiger charge is -2.17. The Morgan fingerprint density at radius 1 is 1.28 bits per heavy atom. The molecule has 0 amide bonds. The van der Waals surface area contributed by atoms with E-state index in [0.29, 0.717) is 0 Å². The van der Waals surface area contributed by atoms with E-state index < -0.39 is 6.10 Å². The van der Waals surface area contributed by atoms with Gasteiger partial charge in [-0.05, 0) is 47.5 Å². The van der Waals surface area contributed by atoms with E-state index in [2.05, 4.69) is 37.0 Å². The van der Waals surface area contributed by atoms with Gasteiger partial charge < -0.3 is 5.11 Å². The lowest BCUT2D eigenvalue weighted by Crippen LogP contribution is -2.12. The van der Waals surface area contributed by atoms with Crippen LogP contribution in [0.1, 0.15) is 37.3 Å². The molecule has 1 aromatic heterocycles. The van der Waals surface area contributed by atoms with Crippen LogP contribution in [0.3, 0.4) is 0 Å². The zero-order chi connectivity index (χ0) is 13.3. The highest BCUT2D eigenvalue weighted by Gasteiger charge is 2.20. The molecule has 0 bridgehead atoms. The van der Waals surface area contributed by atoms with Crippen LogP contribution in [0.25, 0.3) is 0 Å². The Hall–Kier alpha value is -0.650. The van der Waals surface area contributed by atoms with Gasteiger partial charge in [0.1, 0.15) is 6.10 Å². The molecular weight excluding hydrogens is 360 g/mol. The minimum absolute atomic E-state index is 0.202. The summed E-state index contributed by atoms with van der Waals surface area (Å²) in [5.74, 6) is 0. The number of rotatable bonds is 3. The first-order valence-corrected chi connectivity index (χ1v) is 7.25. The summed E-state index contributed by atoms with van der Waals surface area (Å²) >= 11 is 6.86. The molecule has 1 atom stereocenters. The fourth-order valence-corrected chi connectivity index (χ4v) is 2.76. The largest absolute Gasteiger partial charge is 0.382 e. The second kappa shape index (κ2) is 5.55. The molecule has 18 heavy (non-hydrogen) atoms. The van der Waals surface area contributed by atoms with E-state index in [-0.39, 0.29) is 6.04 Å². The summed E-state index contributed by atoms with van der Waals surface area (Å²) in [6.07, 6.45) is 1.03. The summed E-state index contributed by atoms with van der Waals surface area (Å²) in [6.45, 7) is 4.08. The molecule has 0 aliphatic rings. The van der Waals surface area contributed by atoms with Crippen LogP contribution >= 0.6 is 31.9 Å².